The van der Waals surface area contributed by atoms with Gasteiger partial charge in [0.15, 0.2) is 5.65 Å². The summed E-state index contributed by atoms with van der Waals surface area (Å²) >= 11 is 6.13. The number of piperidine rings is 1. The van der Waals surface area contributed by atoms with Crippen molar-refractivity contribution in [1.82, 2.24) is 19.9 Å². The minimum absolute atomic E-state index is 0.414. The summed E-state index contributed by atoms with van der Waals surface area (Å²) in [4.78, 5) is 4.92. The third-order valence-electron chi connectivity index (χ3n) is 5.53. The molecule has 6 nitrogen and oxygen atoms in total. The molecule has 2 aromatic heterocycles. The molecule has 0 amide bonds. The lowest BCUT2D eigenvalue weighted by Gasteiger charge is -2.24. The fraction of sp³-hybridized carbons (Fsp3) is 0.429. The average Bonchev–Trinajstić information content (AvgIpc) is 3.46. The summed E-state index contributed by atoms with van der Waals surface area (Å²) in [6.07, 6.45) is 6.81. The molecule has 0 bridgehead atoms. The molecule has 1 atom stereocenters. The van der Waals surface area contributed by atoms with Crippen LogP contribution in [-0.4, -0.2) is 33.7 Å². The van der Waals surface area contributed by atoms with Crippen LogP contribution in [0, 0.1) is 0 Å². The smallest absolute Gasteiger partial charge is 0.163 e. The number of rotatable bonds is 6. The molecule has 0 unspecified atom stereocenters. The van der Waals surface area contributed by atoms with Crippen LogP contribution in [0.15, 0.2) is 36.5 Å². The standard InChI is InChI=1S/C21H25ClN6/c22-16-4-1-3-14(9-16)11-24-20-10-19(26-17-5-2-8-23-12-17)27-21-18(15-6-7-15)13-25-28(20)21/h1,3-4,9-10,13,15,17,23-24H,2,5-8,11-12H2,(H,26,27)/t17-/m0/s1. The van der Waals surface area contributed by atoms with Crippen LogP contribution in [-0.2, 0) is 6.54 Å². The monoisotopic (exact) mass is 396 g/mol. The van der Waals surface area contributed by atoms with Crippen LogP contribution in [0.2, 0.25) is 5.02 Å². The Balaban J connectivity index is 1.45. The highest BCUT2D eigenvalue weighted by Gasteiger charge is 2.28. The summed E-state index contributed by atoms with van der Waals surface area (Å²) in [5, 5.41) is 16.0. The molecule has 2 aliphatic rings. The van der Waals surface area contributed by atoms with E-state index in [0.717, 1.165) is 41.0 Å². The van der Waals surface area contributed by atoms with Gasteiger partial charge in [-0.25, -0.2) is 4.98 Å². The number of benzene rings is 1. The first kappa shape index (κ1) is 17.8. The van der Waals surface area contributed by atoms with Crippen molar-refractivity contribution in [2.45, 2.75) is 44.2 Å². The van der Waals surface area contributed by atoms with Crippen LogP contribution in [0.3, 0.4) is 0 Å². The van der Waals surface area contributed by atoms with E-state index >= 15 is 0 Å². The zero-order valence-corrected chi connectivity index (χ0v) is 16.5. The van der Waals surface area contributed by atoms with Gasteiger partial charge in [-0.1, -0.05) is 23.7 Å². The van der Waals surface area contributed by atoms with Crippen molar-refractivity contribution >= 4 is 28.9 Å². The molecule has 1 aromatic carbocycles. The van der Waals surface area contributed by atoms with Crippen molar-refractivity contribution in [3.63, 3.8) is 0 Å². The second-order valence-electron chi connectivity index (χ2n) is 7.81. The van der Waals surface area contributed by atoms with E-state index in [-0.39, 0.29) is 0 Å². The SMILES string of the molecule is Clc1cccc(CNc2cc(N[C@H]3CCCNC3)nc3c(C4CC4)cnn23)c1. The highest BCUT2D eigenvalue weighted by Crippen LogP contribution is 2.42. The van der Waals surface area contributed by atoms with E-state index in [1.807, 2.05) is 28.9 Å². The van der Waals surface area contributed by atoms with Gasteiger partial charge >= 0.3 is 0 Å². The largest absolute Gasteiger partial charge is 0.366 e. The summed E-state index contributed by atoms with van der Waals surface area (Å²) in [7, 11) is 0. The lowest BCUT2D eigenvalue weighted by Crippen LogP contribution is -2.38. The topological polar surface area (TPSA) is 66.3 Å². The first-order valence-electron chi connectivity index (χ1n) is 10.1. The Hall–Kier alpha value is -2.31. The molecule has 1 aliphatic heterocycles. The van der Waals surface area contributed by atoms with E-state index in [2.05, 4.69) is 33.2 Å². The Bertz CT molecular complexity index is 974. The van der Waals surface area contributed by atoms with Crippen molar-refractivity contribution in [3.05, 3.63) is 52.7 Å². The van der Waals surface area contributed by atoms with Crippen LogP contribution >= 0.6 is 11.6 Å². The summed E-state index contributed by atoms with van der Waals surface area (Å²) < 4.78 is 1.93. The molecular formula is C21H25ClN6. The molecular weight excluding hydrogens is 372 g/mol. The van der Waals surface area contributed by atoms with Gasteiger partial charge in [0.1, 0.15) is 11.6 Å². The molecule has 1 aliphatic carbocycles. The number of aromatic nitrogens is 3. The zero-order chi connectivity index (χ0) is 18.9. The van der Waals surface area contributed by atoms with Crippen molar-refractivity contribution in [2.24, 2.45) is 0 Å². The highest BCUT2D eigenvalue weighted by molar-refractivity contribution is 6.30. The lowest BCUT2D eigenvalue weighted by molar-refractivity contribution is 0.479. The van der Waals surface area contributed by atoms with Gasteiger partial charge in [-0.2, -0.15) is 9.61 Å². The van der Waals surface area contributed by atoms with Crippen LogP contribution < -0.4 is 16.0 Å². The number of fused-ring (bicyclic) bond motifs is 1. The number of anilines is 2. The van der Waals surface area contributed by atoms with Crippen molar-refractivity contribution in [1.29, 1.82) is 0 Å². The fourth-order valence-electron chi connectivity index (χ4n) is 3.89. The molecule has 3 N–H and O–H groups in total. The van der Waals surface area contributed by atoms with E-state index in [0.29, 0.717) is 18.5 Å². The minimum Gasteiger partial charge on any atom is -0.366 e. The predicted octanol–water partition coefficient (Wildman–Crippen LogP) is 4.04. The third kappa shape index (κ3) is 3.80. The maximum Gasteiger partial charge on any atom is 0.163 e. The molecule has 2 fully saturated rings. The number of nitrogens with zero attached hydrogens (tertiary/aromatic N) is 3. The second-order valence-corrected chi connectivity index (χ2v) is 8.24. The molecule has 28 heavy (non-hydrogen) atoms. The number of nitrogens with one attached hydrogen (secondary N) is 3. The van der Waals surface area contributed by atoms with E-state index < -0.39 is 0 Å². The van der Waals surface area contributed by atoms with Crippen LogP contribution in [0.4, 0.5) is 11.6 Å². The van der Waals surface area contributed by atoms with Gasteiger partial charge in [0.25, 0.3) is 0 Å². The number of hydrogen-bond donors (Lipinski definition) is 3. The van der Waals surface area contributed by atoms with Crippen molar-refractivity contribution in [2.75, 3.05) is 23.7 Å². The molecule has 7 heteroatoms. The Kier molecular flexibility index (Phi) is 4.82. The van der Waals surface area contributed by atoms with Gasteiger partial charge < -0.3 is 16.0 Å². The molecule has 0 spiro atoms. The molecule has 1 saturated heterocycles. The molecule has 5 rings (SSSR count). The van der Waals surface area contributed by atoms with E-state index in [9.17, 15) is 0 Å². The quantitative estimate of drug-likeness (QED) is 0.587. The first-order valence-corrected chi connectivity index (χ1v) is 10.5. The van der Waals surface area contributed by atoms with E-state index in [4.69, 9.17) is 16.6 Å². The van der Waals surface area contributed by atoms with E-state index in [1.165, 1.54) is 31.2 Å². The summed E-state index contributed by atoms with van der Waals surface area (Å²) in [5.74, 6) is 2.47. The van der Waals surface area contributed by atoms with Crippen molar-refractivity contribution < 1.29 is 0 Å². The first-order chi connectivity index (χ1) is 13.8. The Morgan fingerprint density at radius 2 is 2.14 bits per heavy atom. The molecule has 146 valence electrons. The van der Waals surface area contributed by atoms with Gasteiger partial charge in [0, 0.05) is 35.8 Å². The van der Waals surface area contributed by atoms with Gasteiger partial charge in [0.05, 0.1) is 6.20 Å². The minimum atomic E-state index is 0.414. The predicted molar refractivity (Wildman–Crippen MR) is 113 cm³/mol. The van der Waals surface area contributed by atoms with Gasteiger partial charge in [0.2, 0.25) is 0 Å². The van der Waals surface area contributed by atoms with E-state index in [1.54, 1.807) is 0 Å². The Morgan fingerprint density at radius 1 is 1.21 bits per heavy atom. The van der Waals surface area contributed by atoms with Crippen LogP contribution in [0.25, 0.3) is 5.65 Å². The average molecular weight is 397 g/mol. The maximum atomic E-state index is 6.13. The van der Waals surface area contributed by atoms with Crippen LogP contribution in [0.1, 0.15) is 42.7 Å². The summed E-state index contributed by atoms with van der Waals surface area (Å²) in [6.45, 7) is 2.77. The second kappa shape index (κ2) is 7.60. The van der Waals surface area contributed by atoms with Crippen LogP contribution in [0.5, 0.6) is 0 Å². The normalized spacial score (nSPS) is 19.7. The number of halogens is 1. The molecule has 0 radical (unpaired) electrons. The Morgan fingerprint density at radius 3 is 2.93 bits per heavy atom. The molecule has 1 saturated carbocycles. The maximum absolute atomic E-state index is 6.13. The summed E-state index contributed by atoms with van der Waals surface area (Å²) in [5.41, 5.74) is 3.36. The number of hydrogen-bond acceptors (Lipinski definition) is 5. The molecule has 3 heterocycles. The van der Waals surface area contributed by atoms with Gasteiger partial charge in [-0.3, -0.25) is 0 Å². The van der Waals surface area contributed by atoms with Gasteiger partial charge in [-0.15, -0.1) is 0 Å². The van der Waals surface area contributed by atoms with Gasteiger partial charge in [-0.05, 0) is 55.8 Å². The summed E-state index contributed by atoms with van der Waals surface area (Å²) in [6, 6.07) is 10.4. The zero-order valence-electron chi connectivity index (χ0n) is 15.8. The third-order valence-corrected chi connectivity index (χ3v) is 5.76. The Labute approximate surface area is 169 Å². The molecule has 3 aromatic rings. The van der Waals surface area contributed by atoms with Crippen molar-refractivity contribution in [3.8, 4) is 0 Å². The highest BCUT2D eigenvalue weighted by atomic mass is 35.5. The fourth-order valence-corrected chi connectivity index (χ4v) is 4.10. The lowest BCUT2D eigenvalue weighted by atomic mass is 10.1.